The van der Waals surface area contributed by atoms with Crippen molar-refractivity contribution in [3.8, 4) is 0 Å². The Labute approximate surface area is 86.9 Å². The number of rotatable bonds is 3. The maximum atomic E-state index is 10.2. The number of quaternary nitrogens is 1. The Hall–Kier alpha value is 0.534. The standard InChI is InChI=1S/C6H13NO2.Y/c1-4-7(2,3)5-6(8)9;/h4-5H2,1-3H3;/p+1. The van der Waals surface area contributed by atoms with Gasteiger partial charge in [0.25, 0.3) is 0 Å². The van der Waals surface area contributed by atoms with Gasteiger partial charge in [0.2, 0.25) is 0 Å². The van der Waals surface area contributed by atoms with Crippen molar-refractivity contribution in [1.82, 2.24) is 0 Å². The topological polar surface area (TPSA) is 37.3 Å². The first-order valence-corrected chi connectivity index (χ1v) is 3.02. The SMILES string of the molecule is CC[N+](C)(C)CC(=O)O.[Y]. The third-order valence-corrected chi connectivity index (χ3v) is 1.42. The van der Waals surface area contributed by atoms with Gasteiger partial charge < -0.3 is 9.59 Å². The van der Waals surface area contributed by atoms with Crippen LogP contribution in [-0.2, 0) is 37.5 Å². The van der Waals surface area contributed by atoms with Crippen LogP contribution >= 0.6 is 0 Å². The zero-order valence-electron chi connectivity index (χ0n) is 6.79. The summed E-state index contributed by atoms with van der Waals surface area (Å²) in [5, 5.41) is 8.36. The average molecular weight is 221 g/mol. The van der Waals surface area contributed by atoms with Crippen LogP contribution in [0.15, 0.2) is 0 Å². The molecule has 3 nitrogen and oxygen atoms in total. The van der Waals surface area contributed by atoms with Crippen LogP contribution in [0.4, 0.5) is 0 Å². The van der Waals surface area contributed by atoms with Crippen LogP contribution in [-0.4, -0.2) is 42.7 Å². The third-order valence-electron chi connectivity index (χ3n) is 1.42. The van der Waals surface area contributed by atoms with Crippen LogP contribution in [0.5, 0.6) is 0 Å². The van der Waals surface area contributed by atoms with Gasteiger partial charge in [-0.3, -0.25) is 0 Å². The Bertz CT molecular complexity index is 114. The number of nitrogens with zero attached hydrogens (tertiary/aromatic N) is 1. The molecular weight excluding hydrogens is 207 g/mol. The molecule has 10 heavy (non-hydrogen) atoms. The zero-order chi connectivity index (χ0) is 7.49. The summed E-state index contributed by atoms with van der Waals surface area (Å²) < 4.78 is 0.551. The van der Waals surface area contributed by atoms with E-state index in [2.05, 4.69) is 0 Å². The second-order valence-corrected chi connectivity index (χ2v) is 2.80. The van der Waals surface area contributed by atoms with Crippen molar-refractivity contribution < 1.29 is 47.1 Å². The normalized spacial score (nSPS) is 10.3. The molecule has 0 aromatic carbocycles. The van der Waals surface area contributed by atoms with Crippen molar-refractivity contribution in [2.45, 2.75) is 6.92 Å². The summed E-state index contributed by atoms with van der Waals surface area (Å²) >= 11 is 0. The van der Waals surface area contributed by atoms with Crippen molar-refractivity contribution in [2.24, 2.45) is 0 Å². The first kappa shape index (κ1) is 13.1. The van der Waals surface area contributed by atoms with Crippen LogP contribution in [0.3, 0.4) is 0 Å². The number of likely N-dealkylation sites (N-methyl/N-ethyl adjacent to an activating group) is 1. The molecule has 0 saturated heterocycles. The fraction of sp³-hybridized carbons (Fsp3) is 0.833. The van der Waals surface area contributed by atoms with E-state index in [1.54, 1.807) is 0 Å². The molecule has 1 N–H and O–H groups in total. The van der Waals surface area contributed by atoms with Gasteiger partial charge >= 0.3 is 5.97 Å². The molecule has 0 spiro atoms. The molecule has 0 aromatic rings. The van der Waals surface area contributed by atoms with Gasteiger partial charge in [-0.2, -0.15) is 0 Å². The van der Waals surface area contributed by atoms with Crippen molar-refractivity contribution in [1.29, 1.82) is 0 Å². The summed E-state index contributed by atoms with van der Waals surface area (Å²) in [5.74, 6) is -0.734. The first-order chi connectivity index (χ1) is 3.98. The van der Waals surface area contributed by atoms with Crippen molar-refractivity contribution in [3.63, 3.8) is 0 Å². The molecule has 4 heteroatoms. The Morgan fingerprint density at radius 1 is 1.50 bits per heavy atom. The minimum absolute atomic E-state index is 0. The number of hydrogen-bond acceptors (Lipinski definition) is 1. The summed E-state index contributed by atoms with van der Waals surface area (Å²) in [4.78, 5) is 10.2. The molecule has 0 amide bonds. The number of aliphatic carboxylic acids is 1. The fourth-order valence-corrected chi connectivity index (χ4v) is 0.478. The van der Waals surface area contributed by atoms with Gasteiger partial charge in [0.05, 0.1) is 20.6 Å². The Morgan fingerprint density at radius 3 is 2.00 bits per heavy atom. The maximum Gasteiger partial charge on any atom is 0.359 e. The van der Waals surface area contributed by atoms with Gasteiger partial charge in [0.1, 0.15) is 0 Å². The summed E-state index contributed by atoms with van der Waals surface area (Å²) in [7, 11) is 3.79. The Balaban J connectivity index is 0. The molecule has 0 fully saturated rings. The third kappa shape index (κ3) is 6.65. The second-order valence-electron chi connectivity index (χ2n) is 2.80. The maximum absolute atomic E-state index is 10.2. The Morgan fingerprint density at radius 2 is 1.90 bits per heavy atom. The number of carbonyl (C=O) groups is 1. The van der Waals surface area contributed by atoms with E-state index < -0.39 is 5.97 Å². The summed E-state index contributed by atoms with van der Waals surface area (Å²) in [6, 6.07) is 0. The molecule has 0 bridgehead atoms. The van der Waals surface area contributed by atoms with Gasteiger partial charge in [-0.05, 0) is 6.92 Å². The second kappa shape index (κ2) is 5.22. The van der Waals surface area contributed by atoms with E-state index in [1.807, 2.05) is 21.0 Å². The number of carboxylic acids is 1. The van der Waals surface area contributed by atoms with Crippen LogP contribution in [0.2, 0.25) is 0 Å². The van der Waals surface area contributed by atoms with Gasteiger partial charge in [-0.1, -0.05) is 0 Å². The van der Waals surface area contributed by atoms with E-state index >= 15 is 0 Å². The first-order valence-electron chi connectivity index (χ1n) is 3.02. The zero-order valence-corrected chi connectivity index (χ0v) is 9.63. The largest absolute Gasteiger partial charge is 0.477 e. The van der Waals surface area contributed by atoms with E-state index in [-0.39, 0.29) is 39.3 Å². The molecule has 0 atom stereocenters. The van der Waals surface area contributed by atoms with Gasteiger partial charge in [-0.25, -0.2) is 4.79 Å². The quantitative estimate of drug-likeness (QED) is 0.689. The van der Waals surface area contributed by atoms with Crippen LogP contribution < -0.4 is 0 Å². The van der Waals surface area contributed by atoms with E-state index in [1.165, 1.54) is 0 Å². The monoisotopic (exact) mass is 221 g/mol. The Kier molecular flexibility index (Phi) is 6.86. The summed E-state index contributed by atoms with van der Waals surface area (Å²) in [6.45, 7) is 3.03. The van der Waals surface area contributed by atoms with Gasteiger partial charge in [-0.15, -0.1) is 0 Å². The molecule has 0 saturated carbocycles. The van der Waals surface area contributed by atoms with Crippen molar-refractivity contribution in [3.05, 3.63) is 0 Å². The number of hydrogen-bond donors (Lipinski definition) is 1. The van der Waals surface area contributed by atoms with E-state index in [4.69, 9.17) is 5.11 Å². The molecule has 0 rings (SSSR count). The summed E-state index contributed by atoms with van der Waals surface area (Å²) in [6.07, 6.45) is 0. The van der Waals surface area contributed by atoms with Gasteiger partial charge in [0.15, 0.2) is 6.54 Å². The molecule has 0 aromatic heterocycles. The molecular formula is C6H14NO2Y+. The predicted molar refractivity (Wildman–Crippen MR) is 35.2 cm³/mol. The minimum Gasteiger partial charge on any atom is -0.477 e. The van der Waals surface area contributed by atoms with E-state index in [9.17, 15) is 4.79 Å². The smallest absolute Gasteiger partial charge is 0.359 e. The predicted octanol–water partition coefficient (Wildman–Crippen LogP) is 0.165. The molecule has 0 aliphatic carbocycles. The average Bonchev–Trinajstić information content (AvgIpc) is 1.63. The van der Waals surface area contributed by atoms with E-state index in [0.29, 0.717) is 4.48 Å². The molecule has 1 radical (unpaired) electrons. The van der Waals surface area contributed by atoms with Crippen molar-refractivity contribution >= 4 is 5.97 Å². The van der Waals surface area contributed by atoms with E-state index in [0.717, 1.165) is 6.54 Å². The molecule has 57 valence electrons. The summed E-state index contributed by atoms with van der Waals surface area (Å²) in [5.41, 5.74) is 0. The molecule has 0 unspecified atom stereocenters. The number of carboxylic acid groups (broad SMARTS) is 1. The van der Waals surface area contributed by atoms with Gasteiger partial charge in [0, 0.05) is 32.7 Å². The minimum atomic E-state index is -0.734. The molecule has 0 aliphatic rings. The molecule has 0 aliphatic heterocycles. The fourth-order valence-electron chi connectivity index (χ4n) is 0.478. The van der Waals surface area contributed by atoms with Crippen LogP contribution in [0.1, 0.15) is 6.92 Å². The van der Waals surface area contributed by atoms with Crippen LogP contribution in [0, 0.1) is 0 Å². The molecule has 0 heterocycles. The van der Waals surface area contributed by atoms with Crippen LogP contribution in [0.25, 0.3) is 0 Å². The van der Waals surface area contributed by atoms with Crippen molar-refractivity contribution in [2.75, 3.05) is 27.2 Å².